The lowest BCUT2D eigenvalue weighted by molar-refractivity contribution is 0.111. The molecule has 2 aromatic rings. The molecule has 0 spiro atoms. The van der Waals surface area contributed by atoms with Gasteiger partial charge >= 0.3 is 0 Å². The van der Waals surface area contributed by atoms with Gasteiger partial charge in [0.2, 0.25) is 0 Å². The van der Waals surface area contributed by atoms with Crippen molar-refractivity contribution in [2.45, 2.75) is 0 Å². The van der Waals surface area contributed by atoms with E-state index in [1.54, 1.807) is 0 Å². The molecule has 0 atom stereocenters. The minimum atomic E-state index is -1.08. The standard InChI is InChI=1S/C12H10F2N4OS/c13-9-2-1-3-10(11(9)14)16-12(17-15)7-4-8(6-19)18(20)5-7/h1-6,20H,15H2,(H,16,17). The number of aldehydes is 1. The van der Waals surface area contributed by atoms with Crippen LogP contribution < -0.4 is 11.3 Å². The first-order chi connectivity index (χ1) is 9.56. The van der Waals surface area contributed by atoms with E-state index in [1.807, 2.05) is 0 Å². The second kappa shape index (κ2) is 5.85. The van der Waals surface area contributed by atoms with Gasteiger partial charge in [-0.15, -0.1) is 0 Å². The Hall–Kier alpha value is -2.19. The molecule has 2 rings (SSSR count). The van der Waals surface area contributed by atoms with E-state index in [0.29, 0.717) is 11.8 Å². The fourth-order valence-electron chi connectivity index (χ4n) is 1.57. The van der Waals surface area contributed by atoms with Crippen molar-refractivity contribution in [3.63, 3.8) is 0 Å². The topological polar surface area (TPSA) is 72.4 Å². The molecule has 0 aliphatic rings. The number of nitrogens with zero attached hydrogens (tertiary/aromatic N) is 2. The summed E-state index contributed by atoms with van der Waals surface area (Å²) in [5.41, 5.74) is 2.75. The van der Waals surface area contributed by atoms with Gasteiger partial charge in [-0.2, -0.15) is 0 Å². The molecule has 20 heavy (non-hydrogen) atoms. The first-order valence-corrected chi connectivity index (χ1v) is 5.83. The van der Waals surface area contributed by atoms with Gasteiger partial charge in [0.05, 0.1) is 5.69 Å². The van der Waals surface area contributed by atoms with E-state index >= 15 is 0 Å². The smallest absolute Gasteiger partial charge is 0.184 e. The van der Waals surface area contributed by atoms with E-state index in [2.05, 4.69) is 23.2 Å². The van der Waals surface area contributed by atoms with E-state index in [0.717, 1.165) is 6.07 Å². The van der Waals surface area contributed by atoms with Gasteiger partial charge in [-0.3, -0.25) is 8.77 Å². The van der Waals surface area contributed by atoms with Crippen LogP contribution in [0.3, 0.4) is 0 Å². The number of amidine groups is 1. The number of nitrogens with one attached hydrogen (secondary N) is 1. The molecule has 8 heteroatoms. The maximum Gasteiger partial charge on any atom is 0.184 e. The zero-order valence-corrected chi connectivity index (χ0v) is 10.9. The van der Waals surface area contributed by atoms with Crippen LogP contribution in [-0.2, 0) is 0 Å². The molecule has 0 bridgehead atoms. The first kappa shape index (κ1) is 14.2. The molecule has 0 saturated carbocycles. The third-order valence-electron chi connectivity index (χ3n) is 2.52. The minimum absolute atomic E-state index is 0.0744. The summed E-state index contributed by atoms with van der Waals surface area (Å²) in [7, 11) is 0. The summed E-state index contributed by atoms with van der Waals surface area (Å²) >= 11 is 4.02. The van der Waals surface area contributed by atoms with Crippen molar-refractivity contribution in [1.82, 2.24) is 9.40 Å². The lowest BCUT2D eigenvalue weighted by Crippen LogP contribution is -2.30. The van der Waals surface area contributed by atoms with E-state index in [-0.39, 0.29) is 17.2 Å². The number of carbonyl (C=O) groups is 1. The van der Waals surface area contributed by atoms with Gasteiger partial charge in [0.15, 0.2) is 17.9 Å². The van der Waals surface area contributed by atoms with E-state index in [1.165, 1.54) is 28.4 Å². The van der Waals surface area contributed by atoms with Crippen molar-refractivity contribution in [3.05, 3.63) is 53.4 Å². The Morgan fingerprint density at radius 2 is 2.20 bits per heavy atom. The zero-order chi connectivity index (χ0) is 14.7. The maximum absolute atomic E-state index is 13.5. The highest BCUT2D eigenvalue weighted by molar-refractivity contribution is 7.78. The van der Waals surface area contributed by atoms with Crippen molar-refractivity contribution >= 4 is 30.6 Å². The third-order valence-corrected chi connectivity index (χ3v) is 2.87. The van der Waals surface area contributed by atoms with Crippen LogP contribution in [0.1, 0.15) is 16.1 Å². The van der Waals surface area contributed by atoms with Crippen molar-refractivity contribution in [2.75, 3.05) is 0 Å². The molecule has 104 valence electrons. The first-order valence-electron chi connectivity index (χ1n) is 5.43. The Bertz CT molecular complexity index is 684. The van der Waals surface area contributed by atoms with Crippen molar-refractivity contribution in [2.24, 2.45) is 10.8 Å². The molecule has 1 aromatic carbocycles. The average Bonchev–Trinajstić information content (AvgIpc) is 2.81. The number of benzene rings is 1. The molecule has 1 heterocycles. The maximum atomic E-state index is 13.5. The number of carbonyl (C=O) groups excluding carboxylic acids is 1. The number of aromatic nitrogens is 1. The normalized spacial score (nSPS) is 11.5. The molecule has 0 fully saturated rings. The molecular weight excluding hydrogens is 286 g/mol. The molecule has 0 aliphatic heterocycles. The molecular formula is C12H10F2N4OS. The van der Waals surface area contributed by atoms with E-state index < -0.39 is 11.6 Å². The van der Waals surface area contributed by atoms with Crippen LogP contribution in [0.5, 0.6) is 0 Å². The molecule has 3 N–H and O–H groups in total. The van der Waals surface area contributed by atoms with E-state index in [9.17, 15) is 13.6 Å². The number of rotatable bonds is 3. The third kappa shape index (κ3) is 2.70. The Kier molecular flexibility index (Phi) is 4.16. The van der Waals surface area contributed by atoms with Crippen LogP contribution in [0.15, 0.2) is 35.5 Å². The molecule has 0 aliphatic carbocycles. The number of halogens is 2. The number of hydrogen-bond acceptors (Lipinski definition) is 4. The number of aliphatic imine (C=N–C) groups is 1. The summed E-state index contributed by atoms with van der Waals surface area (Å²) in [4.78, 5) is 14.6. The van der Waals surface area contributed by atoms with Crippen molar-refractivity contribution in [1.29, 1.82) is 0 Å². The summed E-state index contributed by atoms with van der Waals surface area (Å²) in [6.45, 7) is 0. The lowest BCUT2D eigenvalue weighted by Gasteiger charge is -2.04. The Morgan fingerprint density at radius 1 is 1.45 bits per heavy atom. The fraction of sp³-hybridized carbons (Fsp3) is 0. The second-order valence-corrected chi connectivity index (χ2v) is 4.22. The summed E-state index contributed by atoms with van der Waals surface area (Å²) in [6.07, 6.45) is 2.05. The van der Waals surface area contributed by atoms with Crippen LogP contribution in [0, 0.1) is 11.6 Å². The van der Waals surface area contributed by atoms with Gasteiger partial charge in [-0.1, -0.05) is 18.9 Å². The summed E-state index contributed by atoms with van der Waals surface area (Å²) < 4.78 is 27.9. The van der Waals surface area contributed by atoms with Gasteiger partial charge in [0, 0.05) is 11.8 Å². The molecule has 0 amide bonds. The largest absolute Gasteiger partial charge is 0.308 e. The highest BCUT2D eigenvalue weighted by Gasteiger charge is 2.11. The van der Waals surface area contributed by atoms with Gasteiger partial charge in [-0.05, 0) is 18.2 Å². The SMILES string of the molecule is NNC(=Nc1cccc(F)c1F)c1cc(C=O)n(S)c1. The Morgan fingerprint density at radius 3 is 2.80 bits per heavy atom. The van der Waals surface area contributed by atoms with Crippen LogP contribution in [-0.4, -0.2) is 16.1 Å². The number of nitrogens with two attached hydrogens (primary N) is 1. The predicted molar refractivity (Wildman–Crippen MR) is 74.1 cm³/mol. The lowest BCUT2D eigenvalue weighted by atomic mass is 10.2. The molecule has 0 unspecified atom stereocenters. The van der Waals surface area contributed by atoms with Crippen molar-refractivity contribution in [3.8, 4) is 0 Å². The van der Waals surface area contributed by atoms with Crippen LogP contribution in [0.25, 0.3) is 0 Å². The monoisotopic (exact) mass is 296 g/mol. The zero-order valence-electron chi connectivity index (χ0n) is 10.0. The molecule has 5 nitrogen and oxygen atoms in total. The van der Waals surface area contributed by atoms with Crippen LogP contribution in [0.2, 0.25) is 0 Å². The predicted octanol–water partition coefficient (Wildman–Crippen LogP) is 1.81. The molecule has 0 radical (unpaired) electrons. The molecule has 1 aromatic heterocycles. The summed E-state index contributed by atoms with van der Waals surface area (Å²) in [5.74, 6) is 3.30. The highest BCUT2D eigenvalue weighted by atomic mass is 32.1. The average molecular weight is 296 g/mol. The van der Waals surface area contributed by atoms with Gasteiger partial charge in [-0.25, -0.2) is 19.6 Å². The fourth-order valence-corrected chi connectivity index (χ4v) is 1.80. The van der Waals surface area contributed by atoms with Gasteiger partial charge in [0.1, 0.15) is 11.5 Å². The summed E-state index contributed by atoms with van der Waals surface area (Å²) in [5, 5.41) is 0. The van der Waals surface area contributed by atoms with Crippen LogP contribution >= 0.6 is 12.8 Å². The van der Waals surface area contributed by atoms with Gasteiger partial charge in [0.25, 0.3) is 0 Å². The van der Waals surface area contributed by atoms with Crippen molar-refractivity contribution < 1.29 is 13.6 Å². The van der Waals surface area contributed by atoms with E-state index in [4.69, 9.17) is 5.84 Å². The molecule has 0 saturated heterocycles. The number of thiol groups is 1. The number of hydrazine groups is 1. The van der Waals surface area contributed by atoms with Crippen LogP contribution in [0.4, 0.5) is 14.5 Å². The van der Waals surface area contributed by atoms with Gasteiger partial charge < -0.3 is 5.43 Å². The quantitative estimate of drug-likeness (QED) is 0.202. The summed E-state index contributed by atoms with van der Waals surface area (Å²) in [6, 6.07) is 5.06. The Balaban J connectivity index is 2.48. The second-order valence-electron chi connectivity index (χ2n) is 3.79. The highest BCUT2D eigenvalue weighted by Crippen LogP contribution is 2.21. The Labute approximate surface area is 118 Å². The minimum Gasteiger partial charge on any atom is -0.308 e. The number of hydrogen-bond donors (Lipinski definition) is 3.